The maximum Gasteiger partial charge on any atom is 0.276 e. The minimum absolute atomic E-state index is 0.222. The average molecular weight is 393 g/mol. The molecule has 0 aliphatic carbocycles. The summed E-state index contributed by atoms with van der Waals surface area (Å²) in [6.45, 7) is 4.48. The number of nitrogens with zero attached hydrogens (tertiary/aromatic N) is 3. The van der Waals surface area contributed by atoms with Crippen molar-refractivity contribution in [2.45, 2.75) is 25.5 Å². The van der Waals surface area contributed by atoms with E-state index >= 15 is 0 Å². The lowest BCUT2D eigenvalue weighted by Crippen LogP contribution is -2.30. The van der Waals surface area contributed by atoms with Crippen molar-refractivity contribution in [3.63, 3.8) is 0 Å². The Morgan fingerprint density at radius 1 is 0.964 bits per heavy atom. The molecule has 1 aromatic heterocycles. The van der Waals surface area contributed by atoms with Crippen molar-refractivity contribution in [1.82, 2.24) is 15.1 Å². The van der Waals surface area contributed by atoms with Gasteiger partial charge in [-0.2, -0.15) is 0 Å². The molecule has 0 radical (unpaired) electrons. The number of imide groups is 1. The van der Waals surface area contributed by atoms with E-state index in [1.807, 2.05) is 25.1 Å². The van der Waals surface area contributed by atoms with E-state index in [1.54, 1.807) is 24.3 Å². The highest BCUT2D eigenvalue weighted by Crippen LogP contribution is 2.26. The van der Waals surface area contributed by atoms with Crippen LogP contribution in [0.4, 0.5) is 0 Å². The first-order valence-corrected chi connectivity index (χ1v) is 10.0. The second kappa shape index (κ2) is 7.59. The van der Waals surface area contributed by atoms with E-state index in [9.17, 15) is 9.59 Å². The third kappa shape index (κ3) is 3.45. The van der Waals surface area contributed by atoms with Gasteiger partial charge in [0.05, 0.1) is 11.1 Å². The Morgan fingerprint density at radius 3 is 2.36 bits per heavy atom. The highest BCUT2D eigenvalue weighted by molar-refractivity contribution is 7.99. The van der Waals surface area contributed by atoms with E-state index in [2.05, 4.69) is 17.1 Å². The van der Waals surface area contributed by atoms with Gasteiger partial charge in [0.1, 0.15) is 0 Å². The summed E-state index contributed by atoms with van der Waals surface area (Å²) < 4.78 is 5.72. The van der Waals surface area contributed by atoms with E-state index in [0.29, 0.717) is 41.0 Å². The highest BCUT2D eigenvalue weighted by atomic mass is 32.2. The van der Waals surface area contributed by atoms with E-state index in [1.165, 1.54) is 27.8 Å². The van der Waals surface area contributed by atoms with Crippen molar-refractivity contribution in [3.05, 3.63) is 64.7 Å². The number of fused-ring (bicyclic) bond motifs is 1. The number of hydrogen-bond donors (Lipinski definition) is 0. The molecule has 0 fully saturated rings. The zero-order valence-electron chi connectivity index (χ0n) is 15.6. The van der Waals surface area contributed by atoms with E-state index in [0.717, 1.165) is 5.56 Å². The molecule has 2 amide bonds. The summed E-state index contributed by atoms with van der Waals surface area (Å²) >= 11 is 1.42. The predicted molar refractivity (Wildman–Crippen MR) is 106 cm³/mol. The Balaban J connectivity index is 1.32. The van der Waals surface area contributed by atoms with Crippen LogP contribution in [0.5, 0.6) is 0 Å². The zero-order chi connectivity index (χ0) is 19.7. The second-order valence-corrected chi connectivity index (χ2v) is 7.73. The first-order valence-electron chi connectivity index (χ1n) is 9.04. The molecule has 142 valence electrons. The largest absolute Gasteiger partial charge is 0.411 e. The lowest BCUT2D eigenvalue weighted by atomic mass is 10.1. The monoisotopic (exact) mass is 393 g/mol. The normalized spacial score (nSPS) is 13.3. The van der Waals surface area contributed by atoms with Crippen molar-refractivity contribution >= 4 is 23.6 Å². The van der Waals surface area contributed by atoms with Gasteiger partial charge in [-0.1, -0.05) is 30.0 Å². The summed E-state index contributed by atoms with van der Waals surface area (Å²) in [6, 6.07) is 12.9. The average Bonchev–Trinajstić information content (AvgIpc) is 3.26. The zero-order valence-corrected chi connectivity index (χ0v) is 16.5. The summed E-state index contributed by atoms with van der Waals surface area (Å²) in [6.07, 6.45) is 0.650. The minimum Gasteiger partial charge on any atom is -0.411 e. The quantitative estimate of drug-likeness (QED) is 0.356. The van der Waals surface area contributed by atoms with Crippen molar-refractivity contribution < 1.29 is 14.0 Å². The fourth-order valence-electron chi connectivity index (χ4n) is 3.08. The van der Waals surface area contributed by atoms with Gasteiger partial charge in [-0.15, -0.1) is 10.2 Å². The fraction of sp³-hybridized carbons (Fsp3) is 0.238. The molecule has 3 aromatic rings. The van der Waals surface area contributed by atoms with Crippen LogP contribution in [0, 0.1) is 13.8 Å². The van der Waals surface area contributed by atoms with Gasteiger partial charge in [0.15, 0.2) is 0 Å². The molecule has 0 bridgehead atoms. The molecule has 28 heavy (non-hydrogen) atoms. The Bertz CT molecular complexity index is 1030. The topological polar surface area (TPSA) is 76.3 Å². The Kier molecular flexibility index (Phi) is 5.00. The Labute approximate surface area is 167 Å². The van der Waals surface area contributed by atoms with Crippen LogP contribution in [0.3, 0.4) is 0 Å². The standard InChI is InChI=1S/C21H19N3O3S/c1-13-8-9-15(12-14(13)2)18-22-23-21(27-18)28-11-5-10-24-19(25)16-6-3-4-7-17(16)20(24)26/h3-4,6-9,12H,5,10-11H2,1-2H3. The van der Waals surface area contributed by atoms with Crippen molar-refractivity contribution in [2.24, 2.45) is 0 Å². The van der Waals surface area contributed by atoms with Crippen LogP contribution < -0.4 is 0 Å². The van der Waals surface area contributed by atoms with Gasteiger partial charge in [0.2, 0.25) is 5.89 Å². The van der Waals surface area contributed by atoms with Crippen molar-refractivity contribution in [1.29, 1.82) is 0 Å². The molecule has 0 N–H and O–H groups in total. The Morgan fingerprint density at radius 2 is 1.68 bits per heavy atom. The van der Waals surface area contributed by atoms with Crippen LogP contribution in [0.2, 0.25) is 0 Å². The van der Waals surface area contributed by atoms with Crippen LogP contribution >= 0.6 is 11.8 Å². The molecule has 4 rings (SSSR count). The summed E-state index contributed by atoms with van der Waals surface area (Å²) in [7, 11) is 0. The summed E-state index contributed by atoms with van der Waals surface area (Å²) in [5.74, 6) is 0.717. The molecular formula is C21H19N3O3S. The first kappa shape index (κ1) is 18.4. The predicted octanol–water partition coefficient (Wildman–Crippen LogP) is 4.13. The lowest BCUT2D eigenvalue weighted by molar-refractivity contribution is 0.0655. The van der Waals surface area contributed by atoms with Crippen LogP contribution in [0.1, 0.15) is 38.3 Å². The Hall–Kier alpha value is -2.93. The molecule has 0 saturated carbocycles. The summed E-state index contributed by atoms with van der Waals surface area (Å²) in [5, 5.41) is 8.67. The van der Waals surface area contributed by atoms with Gasteiger partial charge in [0.25, 0.3) is 17.0 Å². The maximum atomic E-state index is 12.3. The number of benzene rings is 2. The van der Waals surface area contributed by atoms with E-state index < -0.39 is 0 Å². The summed E-state index contributed by atoms with van der Waals surface area (Å²) in [5.41, 5.74) is 4.25. The van der Waals surface area contributed by atoms with E-state index in [-0.39, 0.29) is 11.8 Å². The van der Waals surface area contributed by atoms with Gasteiger partial charge < -0.3 is 4.42 Å². The number of aromatic nitrogens is 2. The molecule has 7 heteroatoms. The van der Waals surface area contributed by atoms with Gasteiger partial charge in [0, 0.05) is 17.9 Å². The molecule has 0 saturated heterocycles. The maximum absolute atomic E-state index is 12.3. The van der Waals surface area contributed by atoms with Crippen LogP contribution in [-0.4, -0.2) is 39.2 Å². The molecular weight excluding hydrogens is 374 g/mol. The number of thioether (sulfide) groups is 1. The number of aryl methyl sites for hydroxylation is 2. The molecule has 1 aliphatic rings. The minimum atomic E-state index is -0.222. The number of rotatable bonds is 6. The van der Waals surface area contributed by atoms with Crippen LogP contribution in [-0.2, 0) is 0 Å². The number of amides is 2. The third-order valence-electron chi connectivity index (χ3n) is 4.79. The highest BCUT2D eigenvalue weighted by Gasteiger charge is 2.34. The third-order valence-corrected chi connectivity index (χ3v) is 5.69. The van der Waals surface area contributed by atoms with Crippen molar-refractivity contribution in [3.8, 4) is 11.5 Å². The molecule has 6 nitrogen and oxygen atoms in total. The number of carbonyl (C=O) groups excluding carboxylic acids is 2. The molecule has 1 aliphatic heterocycles. The second-order valence-electron chi connectivity index (χ2n) is 6.68. The number of hydrogen-bond acceptors (Lipinski definition) is 6. The molecule has 2 heterocycles. The molecule has 2 aromatic carbocycles. The SMILES string of the molecule is Cc1ccc(-c2nnc(SCCCN3C(=O)c4ccccc4C3=O)o2)cc1C. The van der Waals surface area contributed by atoms with Gasteiger partial charge in [-0.05, 0) is 55.7 Å². The lowest BCUT2D eigenvalue weighted by Gasteiger charge is -2.12. The fourth-order valence-corrected chi connectivity index (χ4v) is 3.77. The van der Waals surface area contributed by atoms with Crippen LogP contribution in [0.15, 0.2) is 52.1 Å². The van der Waals surface area contributed by atoms with Gasteiger partial charge >= 0.3 is 0 Å². The number of carbonyl (C=O) groups is 2. The van der Waals surface area contributed by atoms with Gasteiger partial charge in [-0.3, -0.25) is 14.5 Å². The first-order chi connectivity index (χ1) is 13.5. The summed E-state index contributed by atoms with van der Waals surface area (Å²) in [4.78, 5) is 26.0. The van der Waals surface area contributed by atoms with E-state index in [4.69, 9.17) is 4.42 Å². The molecule has 0 atom stereocenters. The van der Waals surface area contributed by atoms with Crippen LogP contribution in [0.25, 0.3) is 11.5 Å². The molecule has 0 spiro atoms. The molecule has 0 unspecified atom stereocenters. The van der Waals surface area contributed by atoms with Crippen molar-refractivity contribution in [2.75, 3.05) is 12.3 Å². The van der Waals surface area contributed by atoms with Gasteiger partial charge in [-0.25, -0.2) is 0 Å². The smallest absolute Gasteiger partial charge is 0.276 e.